The SMILES string of the molecule is Cn1c(CO)nnc1-c1cc(F)cc(F)c1. The molecule has 0 saturated heterocycles. The van der Waals surface area contributed by atoms with Crippen LogP contribution in [0.25, 0.3) is 11.4 Å². The smallest absolute Gasteiger partial charge is 0.163 e. The van der Waals surface area contributed by atoms with Crippen molar-refractivity contribution < 1.29 is 13.9 Å². The van der Waals surface area contributed by atoms with Crippen LogP contribution in [0.4, 0.5) is 8.78 Å². The molecule has 0 aliphatic heterocycles. The molecule has 0 saturated carbocycles. The van der Waals surface area contributed by atoms with Gasteiger partial charge in [-0.1, -0.05) is 0 Å². The fourth-order valence-electron chi connectivity index (χ4n) is 1.43. The number of hydrogen-bond donors (Lipinski definition) is 1. The Balaban J connectivity index is 2.54. The first-order valence-electron chi connectivity index (χ1n) is 4.57. The second-order valence-corrected chi connectivity index (χ2v) is 3.32. The van der Waals surface area contributed by atoms with E-state index >= 15 is 0 Å². The molecule has 6 heteroatoms. The van der Waals surface area contributed by atoms with Gasteiger partial charge in [0.1, 0.15) is 18.2 Å². The van der Waals surface area contributed by atoms with E-state index < -0.39 is 11.6 Å². The zero-order valence-corrected chi connectivity index (χ0v) is 8.48. The molecule has 0 atom stereocenters. The largest absolute Gasteiger partial charge is 0.388 e. The third kappa shape index (κ3) is 1.79. The Morgan fingerprint density at radius 1 is 1.19 bits per heavy atom. The Bertz CT molecular complexity index is 505. The molecule has 1 aromatic heterocycles. The fraction of sp³-hybridized carbons (Fsp3) is 0.200. The third-order valence-electron chi connectivity index (χ3n) is 2.23. The maximum Gasteiger partial charge on any atom is 0.163 e. The van der Waals surface area contributed by atoms with Gasteiger partial charge in [-0.15, -0.1) is 10.2 Å². The van der Waals surface area contributed by atoms with Crippen molar-refractivity contribution in [1.29, 1.82) is 0 Å². The molecule has 2 rings (SSSR count). The highest BCUT2D eigenvalue weighted by molar-refractivity contribution is 5.55. The molecule has 0 bridgehead atoms. The van der Waals surface area contributed by atoms with E-state index in [1.54, 1.807) is 7.05 Å². The highest BCUT2D eigenvalue weighted by Gasteiger charge is 2.11. The number of halogens is 2. The quantitative estimate of drug-likeness (QED) is 0.836. The van der Waals surface area contributed by atoms with Gasteiger partial charge in [-0.2, -0.15) is 0 Å². The van der Waals surface area contributed by atoms with Gasteiger partial charge < -0.3 is 9.67 Å². The van der Waals surface area contributed by atoms with Gasteiger partial charge in [0, 0.05) is 18.7 Å². The van der Waals surface area contributed by atoms with Crippen LogP contribution in [0.1, 0.15) is 5.82 Å². The summed E-state index contributed by atoms with van der Waals surface area (Å²) in [6.45, 7) is -0.276. The molecule has 2 aromatic rings. The van der Waals surface area contributed by atoms with Crippen LogP contribution in [0.2, 0.25) is 0 Å². The molecule has 0 amide bonds. The fourth-order valence-corrected chi connectivity index (χ4v) is 1.43. The molecule has 0 aliphatic rings. The predicted octanol–water partition coefficient (Wildman–Crippen LogP) is 1.25. The van der Waals surface area contributed by atoms with E-state index in [1.165, 1.54) is 4.57 Å². The summed E-state index contributed by atoms with van der Waals surface area (Å²) in [7, 11) is 1.61. The Hall–Kier alpha value is -1.82. The molecule has 1 N–H and O–H groups in total. The van der Waals surface area contributed by atoms with Crippen molar-refractivity contribution in [3.8, 4) is 11.4 Å². The molecule has 0 aliphatic carbocycles. The average molecular weight is 225 g/mol. The van der Waals surface area contributed by atoms with Gasteiger partial charge in [-0.25, -0.2) is 8.78 Å². The lowest BCUT2D eigenvalue weighted by atomic mass is 10.2. The zero-order valence-electron chi connectivity index (χ0n) is 8.48. The van der Waals surface area contributed by atoms with Crippen molar-refractivity contribution in [2.45, 2.75) is 6.61 Å². The first kappa shape index (κ1) is 10.7. The van der Waals surface area contributed by atoms with E-state index in [1.807, 2.05) is 0 Å². The minimum Gasteiger partial charge on any atom is -0.388 e. The maximum absolute atomic E-state index is 13.0. The van der Waals surface area contributed by atoms with Crippen LogP contribution in [-0.4, -0.2) is 19.9 Å². The lowest BCUT2D eigenvalue weighted by Crippen LogP contribution is -1.99. The second kappa shape index (κ2) is 3.97. The summed E-state index contributed by atoms with van der Waals surface area (Å²) in [5.74, 6) is -0.714. The summed E-state index contributed by atoms with van der Waals surface area (Å²) in [6.07, 6.45) is 0. The lowest BCUT2D eigenvalue weighted by Gasteiger charge is -2.02. The van der Waals surface area contributed by atoms with Crippen molar-refractivity contribution in [3.63, 3.8) is 0 Å². The van der Waals surface area contributed by atoms with Gasteiger partial charge in [-0.05, 0) is 12.1 Å². The van der Waals surface area contributed by atoms with Crippen LogP contribution in [0.3, 0.4) is 0 Å². The summed E-state index contributed by atoms with van der Waals surface area (Å²) in [5, 5.41) is 16.4. The van der Waals surface area contributed by atoms with Crippen LogP contribution in [0.5, 0.6) is 0 Å². The molecular formula is C10H9F2N3O. The molecular weight excluding hydrogens is 216 g/mol. The molecule has 1 aromatic carbocycles. The first-order valence-corrected chi connectivity index (χ1v) is 4.57. The van der Waals surface area contributed by atoms with Crippen molar-refractivity contribution in [1.82, 2.24) is 14.8 Å². The van der Waals surface area contributed by atoms with E-state index in [0.717, 1.165) is 18.2 Å². The van der Waals surface area contributed by atoms with Crippen molar-refractivity contribution >= 4 is 0 Å². The summed E-state index contributed by atoms with van der Waals surface area (Å²) >= 11 is 0. The van der Waals surface area contributed by atoms with E-state index in [9.17, 15) is 8.78 Å². The predicted molar refractivity (Wildman–Crippen MR) is 52.3 cm³/mol. The first-order chi connectivity index (χ1) is 7.61. The van der Waals surface area contributed by atoms with Crippen LogP contribution in [-0.2, 0) is 13.7 Å². The van der Waals surface area contributed by atoms with Gasteiger partial charge in [0.15, 0.2) is 11.6 Å². The van der Waals surface area contributed by atoms with Crippen LogP contribution < -0.4 is 0 Å². The molecule has 0 radical (unpaired) electrons. The number of hydrogen-bond acceptors (Lipinski definition) is 3. The molecule has 16 heavy (non-hydrogen) atoms. The number of benzene rings is 1. The normalized spacial score (nSPS) is 10.8. The van der Waals surface area contributed by atoms with Gasteiger partial charge in [-0.3, -0.25) is 0 Å². The second-order valence-electron chi connectivity index (χ2n) is 3.32. The molecule has 84 valence electrons. The minimum absolute atomic E-state index is 0.276. The van der Waals surface area contributed by atoms with Crippen LogP contribution >= 0.6 is 0 Å². The summed E-state index contributed by atoms with van der Waals surface area (Å²) in [4.78, 5) is 0. The van der Waals surface area contributed by atoms with Gasteiger partial charge >= 0.3 is 0 Å². The van der Waals surface area contributed by atoms with E-state index in [4.69, 9.17) is 5.11 Å². The molecule has 0 unspecified atom stereocenters. The third-order valence-corrected chi connectivity index (χ3v) is 2.23. The van der Waals surface area contributed by atoms with Crippen LogP contribution in [0, 0.1) is 11.6 Å². The standard InChI is InChI=1S/C10H9F2N3O/c1-15-9(5-16)13-14-10(15)6-2-7(11)4-8(12)3-6/h2-4,16H,5H2,1H3. The number of aliphatic hydroxyl groups is 1. The Kier molecular flexibility index (Phi) is 2.66. The highest BCUT2D eigenvalue weighted by Crippen LogP contribution is 2.19. The number of rotatable bonds is 2. The Morgan fingerprint density at radius 2 is 1.81 bits per heavy atom. The van der Waals surface area contributed by atoms with Crippen molar-refractivity contribution in [2.24, 2.45) is 7.05 Å². The minimum atomic E-state index is -0.677. The number of aliphatic hydroxyl groups excluding tert-OH is 1. The topological polar surface area (TPSA) is 50.9 Å². The molecule has 0 spiro atoms. The van der Waals surface area contributed by atoms with Crippen molar-refractivity contribution in [3.05, 3.63) is 35.7 Å². The number of aromatic nitrogens is 3. The monoisotopic (exact) mass is 225 g/mol. The Morgan fingerprint density at radius 3 is 2.31 bits per heavy atom. The molecule has 0 fully saturated rings. The zero-order chi connectivity index (χ0) is 11.7. The average Bonchev–Trinajstić information content (AvgIpc) is 2.58. The van der Waals surface area contributed by atoms with Crippen LogP contribution in [0.15, 0.2) is 18.2 Å². The van der Waals surface area contributed by atoms with Gasteiger partial charge in [0.25, 0.3) is 0 Å². The summed E-state index contributed by atoms with van der Waals surface area (Å²) in [5.41, 5.74) is 0.284. The van der Waals surface area contributed by atoms with Gasteiger partial charge in [0.2, 0.25) is 0 Å². The molecule has 4 nitrogen and oxygen atoms in total. The lowest BCUT2D eigenvalue weighted by molar-refractivity contribution is 0.267. The summed E-state index contributed by atoms with van der Waals surface area (Å²) < 4.78 is 27.5. The Labute approximate surface area is 90.2 Å². The molecule has 1 heterocycles. The van der Waals surface area contributed by atoms with E-state index in [2.05, 4.69) is 10.2 Å². The van der Waals surface area contributed by atoms with E-state index in [-0.39, 0.29) is 12.2 Å². The highest BCUT2D eigenvalue weighted by atomic mass is 19.1. The maximum atomic E-state index is 13.0. The van der Waals surface area contributed by atoms with E-state index in [0.29, 0.717) is 11.6 Å². The van der Waals surface area contributed by atoms with Crippen molar-refractivity contribution in [2.75, 3.05) is 0 Å². The number of nitrogens with zero attached hydrogens (tertiary/aromatic N) is 3. The van der Waals surface area contributed by atoms with Gasteiger partial charge in [0.05, 0.1) is 0 Å². The summed E-state index contributed by atoms with van der Waals surface area (Å²) in [6, 6.07) is 3.11.